The van der Waals surface area contributed by atoms with E-state index in [1.807, 2.05) is 0 Å². The normalized spacial score (nSPS) is 7.36. The molecule has 0 aliphatic rings. The summed E-state index contributed by atoms with van der Waals surface area (Å²) in [5.41, 5.74) is 5.47. The third kappa shape index (κ3) is 1.89. The van der Waals surface area contributed by atoms with E-state index in [0.717, 1.165) is 11.3 Å². The summed E-state index contributed by atoms with van der Waals surface area (Å²) in [6, 6.07) is 1.78. The largest absolute Gasteiger partial charge is 0.506 e. The minimum absolute atomic E-state index is 0.0278. The van der Waals surface area contributed by atoms with Crippen molar-refractivity contribution < 1.29 is 5.11 Å². The topological polar surface area (TPSA) is 70.0 Å². The first-order chi connectivity index (χ1) is 5.25. The molecule has 3 nitrogen and oxygen atoms in total. The number of aromatic hydroxyl groups is 1. The summed E-state index contributed by atoms with van der Waals surface area (Å²) in [6.45, 7) is 0. The Balaban J connectivity index is 0.000000461. The third-order valence-electron chi connectivity index (χ3n) is 0.912. The van der Waals surface area contributed by atoms with Crippen molar-refractivity contribution in [2.45, 2.75) is 0 Å². The predicted molar refractivity (Wildman–Crippen MR) is 45.0 cm³/mol. The lowest BCUT2D eigenvalue weighted by molar-refractivity contribution is 0.476. The van der Waals surface area contributed by atoms with Crippen LogP contribution in [-0.4, -0.2) is 5.11 Å². The van der Waals surface area contributed by atoms with Crippen LogP contribution in [0.3, 0.4) is 0 Å². The van der Waals surface area contributed by atoms with Crippen LogP contribution in [0, 0.1) is 24.2 Å². The number of hydrogen-bond donors (Lipinski definition) is 2. The van der Waals surface area contributed by atoms with Crippen molar-refractivity contribution in [3.05, 3.63) is 10.9 Å². The second-order valence-corrected chi connectivity index (χ2v) is 2.38. The number of hydrogen-bond acceptors (Lipinski definition) is 4. The molecule has 4 heteroatoms. The van der Waals surface area contributed by atoms with Crippen LogP contribution >= 0.6 is 11.3 Å². The van der Waals surface area contributed by atoms with Crippen LogP contribution in [0.4, 0.5) is 5.00 Å². The Morgan fingerprint density at radius 1 is 1.64 bits per heavy atom. The van der Waals surface area contributed by atoms with Crippen molar-refractivity contribution in [2.75, 3.05) is 5.73 Å². The summed E-state index contributed by atoms with van der Waals surface area (Å²) in [5, 5.41) is 19.0. The second kappa shape index (κ2) is 4.21. The molecular formula is C7H6N2OS. The Kier molecular flexibility index (Phi) is 3.58. The van der Waals surface area contributed by atoms with E-state index in [2.05, 4.69) is 12.8 Å². The summed E-state index contributed by atoms with van der Waals surface area (Å²) < 4.78 is 0. The number of anilines is 1. The average molecular weight is 166 g/mol. The molecule has 1 rings (SSSR count). The van der Waals surface area contributed by atoms with Crippen LogP contribution in [0.5, 0.6) is 5.75 Å². The first-order valence-corrected chi connectivity index (χ1v) is 3.43. The van der Waals surface area contributed by atoms with Gasteiger partial charge in [-0.3, -0.25) is 0 Å². The fourth-order valence-electron chi connectivity index (χ4n) is 0.476. The summed E-state index contributed by atoms with van der Waals surface area (Å²) >= 11 is 1.16. The van der Waals surface area contributed by atoms with Gasteiger partial charge in [0.25, 0.3) is 0 Å². The van der Waals surface area contributed by atoms with E-state index in [0.29, 0.717) is 5.00 Å². The van der Waals surface area contributed by atoms with E-state index >= 15 is 0 Å². The Morgan fingerprint density at radius 3 is 2.36 bits per heavy atom. The van der Waals surface area contributed by atoms with E-state index < -0.39 is 0 Å². The number of nitrogen functional groups attached to an aromatic ring is 1. The van der Waals surface area contributed by atoms with Crippen molar-refractivity contribution in [3.8, 4) is 24.7 Å². The molecule has 11 heavy (non-hydrogen) atoms. The quantitative estimate of drug-likeness (QED) is 0.568. The first-order valence-electron chi connectivity index (χ1n) is 2.55. The number of thiophene rings is 1. The zero-order valence-electron chi connectivity index (χ0n) is 5.61. The van der Waals surface area contributed by atoms with Gasteiger partial charge in [0.05, 0.1) is 0 Å². The molecule has 0 unspecified atom stereocenters. The van der Waals surface area contributed by atoms with Crippen LogP contribution in [0.1, 0.15) is 5.56 Å². The Morgan fingerprint density at radius 2 is 2.18 bits per heavy atom. The fraction of sp³-hybridized carbons (Fsp3) is 0. The predicted octanol–water partition coefficient (Wildman–Crippen LogP) is 1.16. The van der Waals surface area contributed by atoms with Crippen LogP contribution in [0.15, 0.2) is 5.38 Å². The van der Waals surface area contributed by atoms with Crippen LogP contribution in [0.25, 0.3) is 0 Å². The van der Waals surface area contributed by atoms with E-state index in [1.165, 1.54) is 5.38 Å². The van der Waals surface area contributed by atoms with Crippen LogP contribution in [-0.2, 0) is 0 Å². The number of nitrogens with two attached hydrogens (primary N) is 1. The van der Waals surface area contributed by atoms with Gasteiger partial charge in [-0.1, -0.05) is 0 Å². The summed E-state index contributed by atoms with van der Waals surface area (Å²) in [7, 11) is 0. The van der Waals surface area contributed by atoms with Crippen molar-refractivity contribution in [1.29, 1.82) is 5.26 Å². The highest BCUT2D eigenvalue weighted by Gasteiger charge is 2.05. The van der Waals surface area contributed by atoms with Crippen molar-refractivity contribution >= 4 is 16.3 Å². The van der Waals surface area contributed by atoms with Gasteiger partial charge in [-0.2, -0.15) is 5.26 Å². The lowest BCUT2D eigenvalue weighted by atomic mass is 10.3. The zero-order chi connectivity index (χ0) is 8.85. The molecule has 0 amide bonds. The summed E-state index contributed by atoms with van der Waals surface area (Å²) in [6.07, 6.45) is 8.00. The van der Waals surface area contributed by atoms with Gasteiger partial charge in [-0.05, 0) is 0 Å². The minimum atomic E-state index is -0.0278. The maximum Gasteiger partial charge on any atom is 0.146 e. The number of nitriles is 1. The smallest absolute Gasteiger partial charge is 0.146 e. The van der Waals surface area contributed by atoms with Gasteiger partial charge in [0, 0.05) is 5.38 Å². The summed E-state index contributed by atoms with van der Waals surface area (Å²) in [4.78, 5) is 0. The lowest BCUT2D eigenvalue weighted by Crippen LogP contribution is -1.81. The average Bonchev–Trinajstić information content (AvgIpc) is 2.35. The second-order valence-electron chi connectivity index (χ2n) is 1.47. The summed E-state index contributed by atoms with van der Waals surface area (Å²) in [5.74, 6) is -0.0278. The molecule has 0 atom stereocenters. The van der Waals surface area contributed by atoms with Gasteiger partial charge in [0.15, 0.2) is 0 Å². The Hall–Kier alpha value is -1.65. The van der Waals surface area contributed by atoms with E-state index in [-0.39, 0.29) is 11.3 Å². The molecular weight excluding hydrogens is 160 g/mol. The van der Waals surface area contributed by atoms with Crippen LogP contribution < -0.4 is 5.73 Å². The van der Waals surface area contributed by atoms with E-state index in [9.17, 15) is 0 Å². The van der Waals surface area contributed by atoms with Gasteiger partial charge >= 0.3 is 0 Å². The molecule has 1 aromatic heterocycles. The molecule has 0 aliphatic carbocycles. The minimum Gasteiger partial charge on any atom is -0.506 e. The molecule has 0 radical (unpaired) electrons. The molecule has 0 fully saturated rings. The highest BCUT2D eigenvalue weighted by molar-refractivity contribution is 7.14. The molecule has 0 aromatic carbocycles. The van der Waals surface area contributed by atoms with Crippen LogP contribution in [0.2, 0.25) is 0 Å². The van der Waals surface area contributed by atoms with Crippen molar-refractivity contribution in [2.24, 2.45) is 0 Å². The fourth-order valence-corrected chi connectivity index (χ4v) is 1.10. The molecule has 56 valence electrons. The molecule has 0 spiro atoms. The maximum absolute atomic E-state index is 8.84. The first kappa shape index (κ1) is 9.35. The lowest BCUT2D eigenvalue weighted by Gasteiger charge is -1.83. The molecule has 0 saturated carbocycles. The molecule has 3 N–H and O–H groups in total. The third-order valence-corrected chi connectivity index (χ3v) is 1.71. The highest BCUT2D eigenvalue weighted by atomic mass is 32.1. The molecule has 0 aliphatic heterocycles. The zero-order valence-corrected chi connectivity index (χ0v) is 6.43. The maximum atomic E-state index is 8.84. The van der Waals surface area contributed by atoms with Gasteiger partial charge in [-0.15, -0.1) is 24.2 Å². The molecule has 0 bridgehead atoms. The van der Waals surface area contributed by atoms with Gasteiger partial charge in [-0.25, -0.2) is 0 Å². The number of terminal acetylenes is 1. The van der Waals surface area contributed by atoms with E-state index in [1.54, 1.807) is 6.07 Å². The van der Waals surface area contributed by atoms with Gasteiger partial charge < -0.3 is 10.8 Å². The van der Waals surface area contributed by atoms with Crippen molar-refractivity contribution in [1.82, 2.24) is 0 Å². The van der Waals surface area contributed by atoms with Gasteiger partial charge in [0.1, 0.15) is 22.4 Å². The van der Waals surface area contributed by atoms with Gasteiger partial charge in [0.2, 0.25) is 0 Å². The Bertz CT molecular complexity index is 276. The van der Waals surface area contributed by atoms with E-state index in [4.69, 9.17) is 16.1 Å². The molecule has 1 heterocycles. The van der Waals surface area contributed by atoms with Crippen molar-refractivity contribution in [3.63, 3.8) is 0 Å². The SMILES string of the molecule is C#C.N#Cc1c(O)csc1N. The number of nitrogens with zero attached hydrogens (tertiary/aromatic N) is 1. The standard InChI is InChI=1S/C5H4N2OS.C2H2/c6-1-3-4(8)2-9-5(3)7;1-2/h2,8H,7H2;1-2H. The number of rotatable bonds is 0. The molecule has 1 aromatic rings. The molecule has 0 saturated heterocycles. The monoisotopic (exact) mass is 166 g/mol. The highest BCUT2D eigenvalue weighted by Crippen LogP contribution is 2.28. The Labute approximate surface area is 68.7 Å².